The minimum Gasteiger partial charge on any atom is -0.497 e. The standard InChI is InChI=1S/C17H22N4O3/c1-5-8-18-17(22)14-10-16(20-11(2)19-14)21-13-9-12(23-3)6-7-15(13)24-4/h6-7,9-10H,5,8H2,1-4H3,(H,18,22)(H,19,20,21). The fraction of sp³-hybridized carbons (Fsp3) is 0.353. The lowest BCUT2D eigenvalue weighted by Crippen LogP contribution is -2.25. The number of nitrogens with zero attached hydrogens (tertiary/aromatic N) is 2. The van der Waals surface area contributed by atoms with Crippen molar-refractivity contribution < 1.29 is 14.3 Å². The summed E-state index contributed by atoms with van der Waals surface area (Å²) in [4.78, 5) is 20.6. The molecule has 0 aliphatic rings. The molecule has 7 heteroatoms. The third-order valence-electron chi connectivity index (χ3n) is 3.28. The Morgan fingerprint density at radius 1 is 1.17 bits per heavy atom. The zero-order valence-corrected chi connectivity index (χ0v) is 14.3. The lowest BCUT2D eigenvalue weighted by molar-refractivity contribution is 0.0948. The van der Waals surface area contributed by atoms with Crippen molar-refractivity contribution in [3.8, 4) is 11.5 Å². The fourth-order valence-corrected chi connectivity index (χ4v) is 2.13. The molecule has 0 aliphatic heterocycles. The number of hydrogen-bond acceptors (Lipinski definition) is 6. The maximum atomic E-state index is 12.1. The molecule has 1 aromatic heterocycles. The molecule has 24 heavy (non-hydrogen) atoms. The number of methoxy groups -OCH3 is 2. The number of benzene rings is 1. The van der Waals surface area contributed by atoms with Crippen molar-refractivity contribution in [1.82, 2.24) is 15.3 Å². The van der Waals surface area contributed by atoms with Crippen molar-refractivity contribution in [2.24, 2.45) is 0 Å². The van der Waals surface area contributed by atoms with E-state index in [0.717, 1.165) is 6.42 Å². The Hall–Kier alpha value is -2.83. The van der Waals surface area contributed by atoms with Gasteiger partial charge in [-0.15, -0.1) is 0 Å². The molecule has 2 rings (SSSR count). The summed E-state index contributed by atoms with van der Waals surface area (Å²) in [6.45, 7) is 4.34. The summed E-state index contributed by atoms with van der Waals surface area (Å²) in [7, 11) is 3.18. The van der Waals surface area contributed by atoms with Crippen molar-refractivity contribution in [2.45, 2.75) is 20.3 Å². The predicted octanol–water partition coefficient (Wildman–Crippen LogP) is 2.69. The van der Waals surface area contributed by atoms with E-state index in [1.54, 1.807) is 45.4 Å². The van der Waals surface area contributed by atoms with Gasteiger partial charge in [-0.2, -0.15) is 0 Å². The van der Waals surface area contributed by atoms with Crippen molar-refractivity contribution in [3.05, 3.63) is 35.8 Å². The first kappa shape index (κ1) is 17.5. The van der Waals surface area contributed by atoms with Crippen LogP contribution in [0.4, 0.5) is 11.5 Å². The lowest BCUT2D eigenvalue weighted by atomic mass is 10.2. The van der Waals surface area contributed by atoms with Crippen molar-refractivity contribution in [2.75, 3.05) is 26.1 Å². The predicted molar refractivity (Wildman–Crippen MR) is 92.2 cm³/mol. The topological polar surface area (TPSA) is 85.4 Å². The van der Waals surface area contributed by atoms with Gasteiger partial charge in [0.05, 0.1) is 19.9 Å². The molecule has 0 spiro atoms. The molecule has 1 amide bonds. The molecule has 1 aromatic carbocycles. The first-order chi connectivity index (χ1) is 11.6. The second kappa shape index (κ2) is 8.14. The Kier molecular flexibility index (Phi) is 5.95. The van der Waals surface area contributed by atoms with E-state index in [0.29, 0.717) is 41.1 Å². The highest BCUT2D eigenvalue weighted by Crippen LogP contribution is 2.31. The maximum absolute atomic E-state index is 12.1. The smallest absolute Gasteiger partial charge is 0.270 e. The third-order valence-corrected chi connectivity index (χ3v) is 3.28. The highest BCUT2D eigenvalue weighted by Gasteiger charge is 2.12. The van der Waals surface area contributed by atoms with E-state index in [2.05, 4.69) is 20.6 Å². The summed E-state index contributed by atoms with van der Waals surface area (Å²) in [5, 5.41) is 5.96. The Morgan fingerprint density at radius 2 is 1.96 bits per heavy atom. The Labute approximate surface area is 141 Å². The SMILES string of the molecule is CCCNC(=O)c1cc(Nc2cc(OC)ccc2OC)nc(C)n1. The van der Waals surface area contributed by atoms with Crippen LogP contribution >= 0.6 is 0 Å². The van der Waals surface area contributed by atoms with E-state index < -0.39 is 0 Å². The number of aryl methyl sites for hydroxylation is 1. The van der Waals surface area contributed by atoms with E-state index in [1.165, 1.54) is 0 Å². The second-order valence-electron chi connectivity index (χ2n) is 5.13. The summed E-state index contributed by atoms with van der Waals surface area (Å²) < 4.78 is 10.6. The Bertz CT molecular complexity index is 719. The molecule has 0 fully saturated rings. The highest BCUT2D eigenvalue weighted by atomic mass is 16.5. The Morgan fingerprint density at radius 3 is 2.62 bits per heavy atom. The molecule has 128 valence electrons. The molecular weight excluding hydrogens is 308 g/mol. The number of ether oxygens (including phenoxy) is 2. The van der Waals surface area contributed by atoms with Gasteiger partial charge >= 0.3 is 0 Å². The molecule has 0 radical (unpaired) electrons. The van der Waals surface area contributed by atoms with Crippen LogP contribution < -0.4 is 20.1 Å². The van der Waals surface area contributed by atoms with Crippen LogP contribution in [-0.4, -0.2) is 36.6 Å². The van der Waals surface area contributed by atoms with Crippen LogP contribution in [0.3, 0.4) is 0 Å². The summed E-state index contributed by atoms with van der Waals surface area (Å²) in [6.07, 6.45) is 0.863. The number of rotatable bonds is 7. The number of anilines is 2. The number of hydrogen-bond donors (Lipinski definition) is 2. The number of nitrogens with one attached hydrogen (secondary N) is 2. The van der Waals surface area contributed by atoms with Crippen LogP contribution in [0.2, 0.25) is 0 Å². The van der Waals surface area contributed by atoms with E-state index in [9.17, 15) is 4.79 Å². The van der Waals surface area contributed by atoms with Gasteiger partial charge in [-0.3, -0.25) is 4.79 Å². The average molecular weight is 330 g/mol. The van der Waals surface area contributed by atoms with Crippen LogP contribution in [-0.2, 0) is 0 Å². The average Bonchev–Trinajstić information content (AvgIpc) is 2.59. The molecule has 1 heterocycles. The first-order valence-corrected chi connectivity index (χ1v) is 7.70. The normalized spacial score (nSPS) is 10.2. The van der Waals surface area contributed by atoms with Gasteiger partial charge in [0.2, 0.25) is 0 Å². The molecular formula is C17H22N4O3. The maximum Gasteiger partial charge on any atom is 0.270 e. The van der Waals surface area contributed by atoms with E-state index in [-0.39, 0.29) is 5.91 Å². The van der Waals surface area contributed by atoms with Gasteiger partial charge in [0.1, 0.15) is 28.8 Å². The quantitative estimate of drug-likeness (QED) is 0.812. The fourth-order valence-electron chi connectivity index (χ4n) is 2.13. The summed E-state index contributed by atoms with van der Waals surface area (Å²) >= 11 is 0. The molecule has 0 aliphatic carbocycles. The van der Waals surface area contributed by atoms with Gasteiger partial charge in [0, 0.05) is 18.7 Å². The number of carbonyl (C=O) groups is 1. The van der Waals surface area contributed by atoms with Crippen LogP contribution in [0, 0.1) is 6.92 Å². The van der Waals surface area contributed by atoms with Gasteiger partial charge < -0.3 is 20.1 Å². The van der Waals surface area contributed by atoms with Crippen molar-refractivity contribution in [3.63, 3.8) is 0 Å². The summed E-state index contributed by atoms with van der Waals surface area (Å²) in [5.74, 6) is 2.12. The molecule has 0 bridgehead atoms. The van der Waals surface area contributed by atoms with Gasteiger partial charge in [-0.25, -0.2) is 9.97 Å². The molecule has 0 atom stereocenters. The van der Waals surface area contributed by atoms with Crippen LogP contribution in [0.15, 0.2) is 24.3 Å². The van der Waals surface area contributed by atoms with E-state index in [4.69, 9.17) is 9.47 Å². The van der Waals surface area contributed by atoms with Crippen LogP contribution in [0.25, 0.3) is 0 Å². The zero-order chi connectivity index (χ0) is 17.5. The minimum atomic E-state index is -0.219. The second-order valence-corrected chi connectivity index (χ2v) is 5.13. The summed E-state index contributed by atoms with van der Waals surface area (Å²) in [5.41, 5.74) is 1.01. The molecule has 0 saturated carbocycles. The molecule has 2 N–H and O–H groups in total. The largest absolute Gasteiger partial charge is 0.497 e. The number of aromatic nitrogens is 2. The zero-order valence-electron chi connectivity index (χ0n) is 14.3. The minimum absolute atomic E-state index is 0.219. The number of carbonyl (C=O) groups excluding carboxylic acids is 1. The Balaban J connectivity index is 2.30. The number of amides is 1. The van der Waals surface area contributed by atoms with Gasteiger partial charge in [0.15, 0.2) is 0 Å². The molecule has 7 nitrogen and oxygen atoms in total. The third kappa shape index (κ3) is 4.34. The monoisotopic (exact) mass is 330 g/mol. The van der Waals surface area contributed by atoms with Gasteiger partial charge in [-0.05, 0) is 25.5 Å². The van der Waals surface area contributed by atoms with E-state index in [1.807, 2.05) is 6.92 Å². The van der Waals surface area contributed by atoms with Gasteiger partial charge in [-0.1, -0.05) is 6.92 Å². The van der Waals surface area contributed by atoms with E-state index >= 15 is 0 Å². The van der Waals surface area contributed by atoms with Crippen molar-refractivity contribution in [1.29, 1.82) is 0 Å². The van der Waals surface area contributed by atoms with Crippen LogP contribution in [0.1, 0.15) is 29.7 Å². The first-order valence-electron chi connectivity index (χ1n) is 7.70. The molecule has 0 unspecified atom stereocenters. The highest BCUT2D eigenvalue weighted by molar-refractivity contribution is 5.93. The summed E-state index contributed by atoms with van der Waals surface area (Å²) in [6, 6.07) is 7.01. The molecule has 0 saturated heterocycles. The lowest BCUT2D eigenvalue weighted by Gasteiger charge is -2.13. The van der Waals surface area contributed by atoms with Gasteiger partial charge in [0.25, 0.3) is 5.91 Å². The van der Waals surface area contributed by atoms with Crippen LogP contribution in [0.5, 0.6) is 11.5 Å². The van der Waals surface area contributed by atoms with Crippen molar-refractivity contribution >= 4 is 17.4 Å². The molecule has 2 aromatic rings.